The largest absolute Gasteiger partial charge is 0.443 e. The van der Waals surface area contributed by atoms with Crippen LogP contribution < -0.4 is 16.1 Å². The number of carbonyl (C=O) groups excluding carboxylic acids is 2. The lowest BCUT2D eigenvalue weighted by Crippen LogP contribution is -2.35. The van der Waals surface area contributed by atoms with Crippen molar-refractivity contribution < 1.29 is 18.7 Å². The Balaban J connectivity index is 1.81. The molecule has 3 N–H and O–H groups in total. The van der Waals surface area contributed by atoms with Crippen LogP contribution in [0.1, 0.15) is 25.3 Å². The van der Waals surface area contributed by atoms with E-state index in [1.54, 1.807) is 12.1 Å². The van der Waals surface area contributed by atoms with Gasteiger partial charge in [0, 0.05) is 12.1 Å². The van der Waals surface area contributed by atoms with E-state index in [2.05, 4.69) is 10.5 Å². The van der Waals surface area contributed by atoms with E-state index in [-0.39, 0.29) is 23.3 Å². The first kappa shape index (κ1) is 17.7. The zero-order valence-corrected chi connectivity index (χ0v) is 14.5. The van der Waals surface area contributed by atoms with Gasteiger partial charge in [-0.05, 0) is 24.6 Å². The summed E-state index contributed by atoms with van der Waals surface area (Å²) >= 11 is 1.25. The normalized spacial score (nSPS) is 23.3. The fourth-order valence-electron chi connectivity index (χ4n) is 2.67. The number of halogens is 1. The van der Waals surface area contributed by atoms with Gasteiger partial charge < -0.3 is 10.5 Å². The molecule has 1 aromatic rings. The Hall–Kier alpha value is -2.13. The van der Waals surface area contributed by atoms with Crippen molar-refractivity contribution in [1.29, 1.82) is 0 Å². The fourth-order valence-corrected chi connectivity index (χ4v) is 3.84. The molecule has 1 saturated heterocycles. The maximum absolute atomic E-state index is 14.6. The first-order valence-electron chi connectivity index (χ1n) is 8.05. The van der Waals surface area contributed by atoms with E-state index in [0.29, 0.717) is 23.7 Å². The van der Waals surface area contributed by atoms with E-state index in [0.717, 1.165) is 6.42 Å². The van der Waals surface area contributed by atoms with Gasteiger partial charge in [0.25, 0.3) is 5.91 Å². The Morgan fingerprint density at radius 1 is 1.48 bits per heavy atom. The zero-order chi connectivity index (χ0) is 18.0. The summed E-state index contributed by atoms with van der Waals surface area (Å²) in [6, 6.07) is 4.46. The first-order chi connectivity index (χ1) is 12.0. The van der Waals surface area contributed by atoms with Crippen LogP contribution in [-0.2, 0) is 9.53 Å². The minimum absolute atomic E-state index is 0.166. The average Bonchev–Trinajstić information content (AvgIpc) is 2.98. The van der Waals surface area contributed by atoms with Crippen LogP contribution in [0.2, 0.25) is 0 Å². The Morgan fingerprint density at radius 3 is 2.92 bits per heavy atom. The van der Waals surface area contributed by atoms with Crippen LogP contribution in [0.3, 0.4) is 0 Å². The Bertz CT molecular complexity index is 727. The predicted molar refractivity (Wildman–Crippen MR) is 94.0 cm³/mol. The number of rotatable bonds is 5. The Morgan fingerprint density at radius 2 is 2.28 bits per heavy atom. The number of nitrogens with zero attached hydrogens (tertiary/aromatic N) is 2. The van der Waals surface area contributed by atoms with E-state index in [1.807, 2.05) is 6.92 Å². The van der Waals surface area contributed by atoms with Gasteiger partial charge in [-0.25, -0.2) is 14.6 Å². The van der Waals surface area contributed by atoms with Gasteiger partial charge in [0.1, 0.15) is 17.0 Å². The van der Waals surface area contributed by atoms with Gasteiger partial charge in [-0.3, -0.25) is 9.69 Å². The second kappa shape index (κ2) is 7.40. The molecule has 134 valence electrons. The van der Waals surface area contributed by atoms with Gasteiger partial charge in [0.15, 0.2) is 0 Å². The SMILES string of the molecule is CCCC1SC(c2ccc(N3C[C@H](CN)OC3=O)cc2F)=NNC1=O. The molecule has 1 fully saturated rings. The fraction of sp³-hybridized carbons (Fsp3) is 0.438. The lowest BCUT2D eigenvalue weighted by Gasteiger charge is -2.21. The molecule has 2 amide bonds. The molecule has 9 heteroatoms. The molecule has 7 nitrogen and oxygen atoms in total. The average molecular weight is 366 g/mol. The third kappa shape index (κ3) is 3.62. The lowest BCUT2D eigenvalue weighted by molar-refractivity contribution is -0.120. The zero-order valence-electron chi connectivity index (χ0n) is 13.7. The van der Waals surface area contributed by atoms with Crippen molar-refractivity contribution in [2.45, 2.75) is 31.1 Å². The highest BCUT2D eigenvalue weighted by Gasteiger charge is 2.32. The quantitative estimate of drug-likeness (QED) is 0.828. The smallest absolute Gasteiger partial charge is 0.414 e. The number of nitrogens with one attached hydrogen (secondary N) is 1. The number of hydrogen-bond donors (Lipinski definition) is 2. The van der Waals surface area contributed by atoms with Gasteiger partial charge in [0.2, 0.25) is 0 Å². The summed E-state index contributed by atoms with van der Waals surface area (Å²) in [5.74, 6) is -0.681. The van der Waals surface area contributed by atoms with Crippen molar-refractivity contribution in [3.8, 4) is 0 Å². The summed E-state index contributed by atoms with van der Waals surface area (Å²) in [6.45, 7) is 2.49. The molecular formula is C16H19FN4O3S. The Labute approximate surface area is 148 Å². The van der Waals surface area contributed by atoms with Gasteiger partial charge >= 0.3 is 6.09 Å². The number of amides is 2. The molecule has 2 aliphatic heterocycles. The molecule has 0 saturated carbocycles. The third-order valence-electron chi connectivity index (χ3n) is 4.00. The number of benzene rings is 1. The van der Waals surface area contributed by atoms with Gasteiger partial charge in [-0.15, -0.1) is 0 Å². The molecule has 2 heterocycles. The van der Waals surface area contributed by atoms with Gasteiger partial charge in [0.05, 0.1) is 17.5 Å². The Kier molecular flexibility index (Phi) is 5.24. The maximum Gasteiger partial charge on any atom is 0.414 e. The maximum atomic E-state index is 14.6. The van der Waals surface area contributed by atoms with Crippen LogP contribution in [0, 0.1) is 5.82 Å². The number of anilines is 1. The minimum atomic E-state index is -0.540. The van der Waals surface area contributed by atoms with E-state index >= 15 is 0 Å². The molecule has 0 aliphatic carbocycles. The summed E-state index contributed by atoms with van der Waals surface area (Å²) in [5.41, 5.74) is 8.64. The minimum Gasteiger partial charge on any atom is -0.443 e. The van der Waals surface area contributed by atoms with Crippen LogP contribution in [0.5, 0.6) is 0 Å². The van der Waals surface area contributed by atoms with E-state index < -0.39 is 18.0 Å². The van der Waals surface area contributed by atoms with Crippen LogP contribution in [-0.4, -0.2) is 41.5 Å². The number of hydrogen-bond acceptors (Lipinski definition) is 6. The first-order valence-corrected chi connectivity index (χ1v) is 8.93. The second-order valence-electron chi connectivity index (χ2n) is 5.80. The highest BCUT2D eigenvalue weighted by atomic mass is 32.2. The molecule has 3 rings (SSSR count). The molecule has 0 radical (unpaired) electrons. The lowest BCUT2D eigenvalue weighted by atomic mass is 10.2. The summed E-state index contributed by atoms with van der Waals surface area (Å²) in [7, 11) is 0. The standard InChI is InChI=1S/C16H19FN4O3S/c1-2-3-13-14(22)19-20-15(25-13)11-5-4-9(6-12(11)17)21-8-10(7-18)24-16(21)23/h4-6,10,13H,2-3,7-8,18H2,1H3,(H,19,22)/t10-,13?/m0/s1. The molecular weight excluding hydrogens is 347 g/mol. The van der Waals surface area contributed by atoms with Crippen LogP contribution in [0.25, 0.3) is 0 Å². The molecule has 2 atom stereocenters. The molecule has 25 heavy (non-hydrogen) atoms. The monoisotopic (exact) mass is 366 g/mol. The predicted octanol–water partition coefficient (Wildman–Crippen LogP) is 1.80. The number of thioether (sulfide) groups is 1. The van der Waals surface area contributed by atoms with Crippen molar-refractivity contribution in [2.24, 2.45) is 10.8 Å². The molecule has 1 aromatic carbocycles. The van der Waals surface area contributed by atoms with Crippen molar-refractivity contribution in [3.63, 3.8) is 0 Å². The van der Waals surface area contributed by atoms with Crippen molar-refractivity contribution >= 4 is 34.5 Å². The number of cyclic esters (lactones) is 1. The molecule has 2 aliphatic rings. The number of nitrogens with two attached hydrogens (primary N) is 1. The van der Waals surface area contributed by atoms with Gasteiger partial charge in [-0.1, -0.05) is 25.1 Å². The summed E-state index contributed by atoms with van der Waals surface area (Å²) in [5, 5.41) is 4.10. The molecule has 1 unspecified atom stereocenters. The van der Waals surface area contributed by atoms with E-state index in [1.165, 1.54) is 22.7 Å². The topological polar surface area (TPSA) is 97.0 Å². The van der Waals surface area contributed by atoms with E-state index in [4.69, 9.17) is 10.5 Å². The number of ether oxygens (including phenoxy) is 1. The number of hydrazone groups is 1. The second-order valence-corrected chi connectivity index (χ2v) is 7.00. The summed E-state index contributed by atoms with van der Waals surface area (Å²) < 4.78 is 19.7. The molecule has 0 bridgehead atoms. The molecule has 0 aromatic heterocycles. The van der Waals surface area contributed by atoms with Crippen LogP contribution in [0.4, 0.5) is 14.9 Å². The third-order valence-corrected chi connectivity index (χ3v) is 5.27. The highest BCUT2D eigenvalue weighted by molar-refractivity contribution is 8.15. The summed E-state index contributed by atoms with van der Waals surface area (Å²) in [4.78, 5) is 25.0. The van der Waals surface area contributed by atoms with Crippen molar-refractivity contribution in [2.75, 3.05) is 18.0 Å². The number of carbonyl (C=O) groups is 2. The van der Waals surface area contributed by atoms with Crippen LogP contribution >= 0.6 is 11.8 Å². The van der Waals surface area contributed by atoms with Crippen molar-refractivity contribution in [3.05, 3.63) is 29.6 Å². The van der Waals surface area contributed by atoms with E-state index in [9.17, 15) is 14.0 Å². The molecule has 0 spiro atoms. The van der Waals surface area contributed by atoms with Crippen molar-refractivity contribution in [1.82, 2.24) is 5.43 Å². The summed E-state index contributed by atoms with van der Waals surface area (Å²) in [6.07, 6.45) is 0.606. The van der Waals surface area contributed by atoms with Crippen LogP contribution in [0.15, 0.2) is 23.3 Å². The highest BCUT2D eigenvalue weighted by Crippen LogP contribution is 2.29. The van der Waals surface area contributed by atoms with Gasteiger partial charge in [-0.2, -0.15) is 5.10 Å².